The Morgan fingerprint density at radius 2 is 1.62 bits per heavy atom. The van der Waals surface area contributed by atoms with Gasteiger partial charge in [0.15, 0.2) is 21.4 Å². The minimum absolute atomic E-state index is 0.0119. The molecule has 6 nitrogen and oxygen atoms in total. The molecular formula is C24H20ClNO5S. The van der Waals surface area contributed by atoms with Crippen molar-refractivity contribution in [1.82, 2.24) is 0 Å². The first-order valence-electron chi connectivity index (χ1n) is 9.99. The molecule has 1 aliphatic heterocycles. The number of amides is 1. The fraction of sp³-hybridized carbons (Fsp3) is 0.167. The van der Waals surface area contributed by atoms with Crippen LogP contribution >= 0.6 is 11.6 Å². The van der Waals surface area contributed by atoms with E-state index in [0.717, 1.165) is 0 Å². The Labute approximate surface area is 191 Å². The Morgan fingerprint density at radius 3 is 2.28 bits per heavy atom. The number of ether oxygens (including phenoxy) is 1. The first-order valence-corrected chi connectivity index (χ1v) is 12.2. The van der Waals surface area contributed by atoms with E-state index in [4.69, 9.17) is 16.3 Å². The molecule has 0 saturated carbocycles. The molecule has 164 valence electrons. The molecule has 1 heterocycles. The standard InChI is InChI=1S/C24H20ClNO5S/c25-19-8-11-22(21(14-19)26-24(28)18-12-13-32(29,30)15-18)31-20-9-6-17(7-10-20)23(27)16-4-2-1-3-5-16/h1-11,14,18H,12-13,15H2,(H,26,28)/t18-/m1/s1. The van der Waals surface area contributed by atoms with Crippen LogP contribution in [-0.2, 0) is 14.6 Å². The maximum absolute atomic E-state index is 12.6. The normalized spacial score (nSPS) is 17.0. The van der Waals surface area contributed by atoms with Crippen LogP contribution in [0.1, 0.15) is 22.3 Å². The number of anilines is 1. The third kappa shape index (κ3) is 5.18. The Balaban J connectivity index is 1.50. The van der Waals surface area contributed by atoms with Crippen LogP contribution in [0.2, 0.25) is 5.02 Å². The van der Waals surface area contributed by atoms with Gasteiger partial charge in [0.1, 0.15) is 5.75 Å². The van der Waals surface area contributed by atoms with Gasteiger partial charge < -0.3 is 10.1 Å². The van der Waals surface area contributed by atoms with Crippen molar-refractivity contribution in [3.05, 3.63) is 88.9 Å². The van der Waals surface area contributed by atoms with Gasteiger partial charge in [0, 0.05) is 16.1 Å². The number of nitrogens with one attached hydrogen (secondary N) is 1. The number of sulfone groups is 1. The third-order valence-corrected chi connectivity index (χ3v) is 7.19. The molecule has 1 N–H and O–H groups in total. The lowest BCUT2D eigenvalue weighted by atomic mass is 10.0. The van der Waals surface area contributed by atoms with E-state index in [1.165, 1.54) is 0 Å². The molecule has 8 heteroatoms. The van der Waals surface area contributed by atoms with E-state index in [1.54, 1.807) is 54.6 Å². The Hall–Kier alpha value is -3.16. The number of ketones is 1. The highest BCUT2D eigenvalue weighted by Gasteiger charge is 2.33. The average molecular weight is 470 g/mol. The molecule has 1 saturated heterocycles. The maximum Gasteiger partial charge on any atom is 0.228 e. The molecule has 32 heavy (non-hydrogen) atoms. The van der Waals surface area contributed by atoms with Crippen LogP contribution in [0.15, 0.2) is 72.8 Å². The van der Waals surface area contributed by atoms with Crippen LogP contribution in [0.3, 0.4) is 0 Å². The smallest absolute Gasteiger partial charge is 0.228 e. The second kappa shape index (κ2) is 9.14. The molecule has 4 rings (SSSR count). The van der Waals surface area contributed by atoms with Gasteiger partial charge in [-0.2, -0.15) is 0 Å². The number of hydrogen-bond acceptors (Lipinski definition) is 5. The van der Waals surface area contributed by atoms with Crippen molar-refractivity contribution in [3.8, 4) is 11.5 Å². The summed E-state index contributed by atoms with van der Waals surface area (Å²) in [5, 5.41) is 3.13. The number of carbonyl (C=O) groups excluding carboxylic acids is 2. The molecule has 1 atom stereocenters. The van der Waals surface area contributed by atoms with Gasteiger partial charge in [-0.3, -0.25) is 9.59 Å². The average Bonchev–Trinajstić information content (AvgIpc) is 3.16. The largest absolute Gasteiger partial charge is 0.455 e. The highest BCUT2D eigenvalue weighted by atomic mass is 35.5. The van der Waals surface area contributed by atoms with Gasteiger partial charge in [0.25, 0.3) is 0 Å². The Bertz CT molecular complexity index is 1260. The lowest BCUT2D eigenvalue weighted by molar-refractivity contribution is -0.119. The molecule has 0 bridgehead atoms. The summed E-state index contributed by atoms with van der Waals surface area (Å²) in [6.45, 7) is 0. The number of carbonyl (C=O) groups is 2. The van der Waals surface area contributed by atoms with Crippen LogP contribution in [0.4, 0.5) is 5.69 Å². The number of hydrogen-bond donors (Lipinski definition) is 1. The van der Waals surface area contributed by atoms with Gasteiger partial charge in [-0.05, 0) is 48.9 Å². The third-order valence-electron chi connectivity index (χ3n) is 5.18. The second-order valence-corrected chi connectivity index (χ2v) is 10.2. The lowest BCUT2D eigenvalue weighted by Crippen LogP contribution is -2.23. The Kier molecular flexibility index (Phi) is 6.30. The maximum atomic E-state index is 12.6. The number of rotatable bonds is 6. The van der Waals surface area contributed by atoms with E-state index < -0.39 is 15.8 Å². The van der Waals surface area contributed by atoms with Crippen LogP contribution in [0.5, 0.6) is 11.5 Å². The molecule has 0 spiro atoms. The molecule has 0 aliphatic carbocycles. The zero-order chi connectivity index (χ0) is 22.7. The van der Waals surface area contributed by atoms with E-state index in [1.807, 2.05) is 18.2 Å². The predicted octanol–water partition coefficient (Wildman–Crippen LogP) is 4.74. The molecule has 3 aromatic rings. The summed E-state index contributed by atoms with van der Waals surface area (Å²) < 4.78 is 29.3. The van der Waals surface area contributed by atoms with E-state index in [9.17, 15) is 18.0 Å². The van der Waals surface area contributed by atoms with Crippen LogP contribution in [-0.4, -0.2) is 31.6 Å². The summed E-state index contributed by atoms with van der Waals surface area (Å²) in [6, 6.07) is 20.4. The Morgan fingerprint density at radius 1 is 0.938 bits per heavy atom. The summed E-state index contributed by atoms with van der Waals surface area (Å²) in [5.41, 5.74) is 1.46. The molecule has 0 aromatic heterocycles. The van der Waals surface area contributed by atoms with Crippen molar-refractivity contribution >= 4 is 38.8 Å². The highest BCUT2D eigenvalue weighted by molar-refractivity contribution is 7.91. The SMILES string of the molecule is O=C(c1ccccc1)c1ccc(Oc2ccc(Cl)cc2NC(=O)[C@@H]2CCS(=O)(=O)C2)cc1. The van der Waals surface area contributed by atoms with Gasteiger partial charge in [-0.1, -0.05) is 41.9 Å². The second-order valence-electron chi connectivity index (χ2n) is 7.55. The topological polar surface area (TPSA) is 89.5 Å². The monoisotopic (exact) mass is 469 g/mol. The molecule has 1 amide bonds. The van der Waals surface area contributed by atoms with Gasteiger partial charge in [0.05, 0.1) is 23.1 Å². The number of benzene rings is 3. The van der Waals surface area contributed by atoms with Crippen molar-refractivity contribution in [2.24, 2.45) is 5.92 Å². The van der Waals surface area contributed by atoms with Gasteiger partial charge >= 0.3 is 0 Å². The fourth-order valence-electron chi connectivity index (χ4n) is 3.48. The molecular weight excluding hydrogens is 450 g/mol. The highest BCUT2D eigenvalue weighted by Crippen LogP contribution is 2.33. The first kappa shape index (κ1) is 22.0. The molecule has 3 aromatic carbocycles. The van der Waals surface area contributed by atoms with Crippen LogP contribution in [0.25, 0.3) is 0 Å². The van der Waals surface area contributed by atoms with E-state index in [0.29, 0.717) is 39.8 Å². The molecule has 1 aliphatic rings. The predicted molar refractivity (Wildman–Crippen MR) is 123 cm³/mol. The first-order chi connectivity index (χ1) is 15.3. The van der Waals surface area contributed by atoms with Crippen molar-refractivity contribution < 1.29 is 22.7 Å². The minimum atomic E-state index is -3.18. The van der Waals surface area contributed by atoms with Crippen molar-refractivity contribution in [2.75, 3.05) is 16.8 Å². The van der Waals surface area contributed by atoms with Crippen LogP contribution in [0, 0.1) is 5.92 Å². The van der Waals surface area contributed by atoms with E-state index in [-0.39, 0.29) is 23.2 Å². The van der Waals surface area contributed by atoms with Crippen molar-refractivity contribution in [1.29, 1.82) is 0 Å². The van der Waals surface area contributed by atoms with Gasteiger partial charge in [0.2, 0.25) is 5.91 Å². The van der Waals surface area contributed by atoms with E-state index in [2.05, 4.69) is 5.32 Å². The van der Waals surface area contributed by atoms with Gasteiger partial charge in [-0.25, -0.2) is 8.42 Å². The van der Waals surface area contributed by atoms with Crippen LogP contribution < -0.4 is 10.1 Å². The van der Waals surface area contributed by atoms with Crippen molar-refractivity contribution in [2.45, 2.75) is 6.42 Å². The van der Waals surface area contributed by atoms with Gasteiger partial charge in [-0.15, -0.1) is 0 Å². The summed E-state index contributed by atoms with van der Waals surface area (Å²) in [6.07, 6.45) is 0.293. The van der Waals surface area contributed by atoms with Crippen molar-refractivity contribution in [3.63, 3.8) is 0 Å². The number of halogens is 1. The summed E-state index contributed by atoms with van der Waals surface area (Å²) in [5.74, 6) is -0.410. The summed E-state index contributed by atoms with van der Waals surface area (Å²) in [7, 11) is -3.18. The summed E-state index contributed by atoms with van der Waals surface area (Å²) in [4.78, 5) is 25.1. The quantitative estimate of drug-likeness (QED) is 0.527. The minimum Gasteiger partial charge on any atom is -0.455 e. The van der Waals surface area contributed by atoms with E-state index >= 15 is 0 Å². The molecule has 1 fully saturated rings. The zero-order valence-corrected chi connectivity index (χ0v) is 18.5. The summed E-state index contributed by atoms with van der Waals surface area (Å²) >= 11 is 6.08. The zero-order valence-electron chi connectivity index (χ0n) is 17.0. The lowest BCUT2D eigenvalue weighted by Gasteiger charge is -2.15. The fourth-order valence-corrected chi connectivity index (χ4v) is 5.40. The molecule has 0 radical (unpaired) electrons. The molecule has 0 unspecified atom stereocenters.